The first-order valence-corrected chi connectivity index (χ1v) is 8.54. The van der Waals surface area contributed by atoms with Crippen LogP contribution in [0.1, 0.15) is 64.8 Å². The highest BCUT2D eigenvalue weighted by molar-refractivity contribution is 5.58. The number of anilines is 2. The van der Waals surface area contributed by atoms with Crippen LogP contribution in [0.5, 0.6) is 0 Å². The summed E-state index contributed by atoms with van der Waals surface area (Å²) in [5, 5.41) is 3.46. The van der Waals surface area contributed by atoms with E-state index in [0.717, 1.165) is 56.4 Å². The zero-order valence-electron chi connectivity index (χ0n) is 14.5. The minimum Gasteiger partial charge on any atom is -0.370 e. The number of aromatic nitrogens is 2. The Hall–Kier alpha value is -1.32. The lowest BCUT2D eigenvalue weighted by molar-refractivity contribution is 0.713. The smallest absolute Gasteiger partial charge is 0.137 e. The van der Waals surface area contributed by atoms with Gasteiger partial charge in [-0.3, -0.25) is 0 Å². The second kappa shape index (κ2) is 9.59. The summed E-state index contributed by atoms with van der Waals surface area (Å²) in [6.45, 7) is 14.0. The maximum Gasteiger partial charge on any atom is 0.137 e. The Morgan fingerprint density at radius 2 is 1.76 bits per heavy atom. The van der Waals surface area contributed by atoms with Gasteiger partial charge in [-0.2, -0.15) is 0 Å². The molecule has 0 unspecified atom stereocenters. The normalized spacial score (nSPS) is 10.7. The second-order valence-electron chi connectivity index (χ2n) is 5.55. The molecule has 0 saturated carbocycles. The van der Waals surface area contributed by atoms with Crippen molar-refractivity contribution in [3.8, 4) is 0 Å². The molecule has 0 spiro atoms. The first-order valence-electron chi connectivity index (χ1n) is 8.54. The van der Waals surface area contributed by atoms with Crippen LogP contribution < -0.4 is 10.2 Å². The van der Waals surface area contributed by atoms with Crippen molar-refractivity contribution in [2.24, 2.45) is 0 Å². The standard InChI is InChI=1S/C17H32N4/c1-6-10-13-21(9-4)17-14(5)16(18-12-8-3)19-15(20-17)11-7-2/h6-13H2,1-5H3,(H,18,19,20). The van der Waals surface area contributed by atoms with Crippen LogP contribution in [0.3, 0.4) is 0 Å². The lowest BCUT2D eigenvalue weighted by Crippen LogP contribution is -2.27. The van der Waals surface area contributed by atoms with Crippen molar-refractivity contribution in [3.63, 3.8) is 0 Å². The van der Waals surface area contributed by atoms with Crippen LogP contribution in [0.15, 0.2) is 0 Å². The quantitative estimate of drug-likeness (QED) is 0.702. The third kappa shape index (κ3) is 5.18. The Kier molecular flexibility index (Phi) is 8.09. The Labute approximate surface area is 130 Å². The first kappa shape index (κ1) is 17.7. The van der Waals surface area contributed by atoms with E-state index in [4.69, 9.17) is 9.97 Å². The molecule has 0 radical (unpaired) electrons. The summed E-state index contributed by atoms with van der Waals surface area (Å²) >= 11 is 0. The summed E-state index contributed by atoms with van der Waals surface area (Å²) < 4.78 is 0. The molecular formula is C17H32N4. The zero-order chi connectivity index (χ0) is 15.7. The Balaban J connectivity index is 3.10. The van der Waals surface area contributed by atoms with Crippen LogP contribution >= 0.6 is 0 Å². The summed E-state index contributed by atoms with van der Waals surface area (Å²) in [6.07, 6.45) is 5.55. The Morgan fingerprint density at radius 3 is 2.33 bits per heavy atom. The highest BCUT2D eigenvalue weighted by Crippen LogP contribution is 2.24. The summed E-state index contributed by atoms with van der Waals surface area (Å²) in [5.41, 5.74) is 1.18. The van der Waals surface area contributed by atoms with E-state index >= 15 is 0 Å². The van der Waals surface area contributed by atoms with E-state index < -0.39 is 0 Å². The zero-order valence-corrected chi connectivity index (χ0v) is 14.5. The van der Waals surface area contributed by atoms with Gasteiger partial charge in [-0.15, -0.1) is 0 Å². The van der Waals surface area contributed by atoms with Gasteiger partial charge in [0.1, 0.15) is 17.5 Å². The lowest BCUT2D eigenvalue weighted by atomic mass is 10.2. The predicted molar refractivity (Wildman–Crippen MR) is 92.3 cm³/mol. The SMILES string of the molecule is CCCCN(CC)c1nc(CCC)nc(NCCC)c1C. The number of hydrogen-bond acceptors (Lipinski definition) is 4. The second-order valence-corrected chi connectivity index (χ2v) is 5.55. The van der Waals surface area contributed by atoms with Crippen molar-refractivity contribution in [1.29, 1.82) is 0 Å². The number of hydrogen-bond donors (Lipinski definition) is 1. The highest BCUT2D eigenvalue weighted by Gasteiger charge is 2.15. The molecule has 0 fully saturated rings. The minimum absolute atomic E-state index is 0.944. The molecule has 1 aromatic rings. The average Bonchev–Trinajstić information content (AvgIpc) is 2.49. The molecule has 120 valence electrons. The third-order valence-corrected chi connectivity index (χ3v) is 3.65. The van der Waals surface area contributed by atoms with E-state index in [1.54, 1.807) is 0 Å². The predicted octanol–water partition coefficient (Wildman–Crippen LogP) is 4.19. The van der Waals surface area contributed by atoms with Gasteiger partial charge in [-0.05, 0) is 33.1 Å². The molecule has 21 heavy (non-hydrogen) atoms. The van der Waals surface area contributed by atoms with E-state index in [9.17, 15) is 0 Å². The molecule has 1 aromatic heterocycles. The fourth-order valence-electron chi connectivity index (χ4n) is 2.37. The van der Waals surface area contributed by atoms with E-state index in [1.807, 2.05) is 0 Å². The monoisotopic (exact) mass is 292 g/mol. The molecule has 1 rings (SSSR count). The maximum absolute atomic E-state index is 4.83. The fourth-order valence-corrected chi connectivity index (χ4v) is 2.37. The average molecular weight is 292 g/mol. The molecular weight excluding hydrogens is 260 g/mol. The lowest BCUT2D eigenvalue weighted by Gasteiger charge is -2.25. The van der Waals surface area contributed by atoms with Gasteiger partial charge in [0.15, 0.2) is 0 Å². The molecule has 0 saturated heterocycles. The van der Waals surface area contributed by atoms with Gasteiger partial charge in [0.05, 0.1) is 0 Å². The van der Waals surface area contributed by atoms with Gasteiger partial charge >= 0.3 is 0 Å². The molecule has 0 amide bonds. The minimum atomic E-state index is 0.944. The van der Waals surface area contributed by atoms with Gasteiger partial charge in [-0.1, -0.05) is 27.2 Å². The van der Waals surface area contributed by atoms with Crippen LogP contribution in [0.25, 0.3) is 0 Å². The van der Waals surface area contributed by atoms with Gasteiger partial charge in [0, 0.05) is 31.6 Å². The topological polar surface area (TPSA) is 41.1 Å². The van der Waals surface area contributed by atoms with Gasteiger partial charge in [0.25, 0.3) is 0 Å². The summed E-state index contributed by atoms with van der Waals surface area (Å²) in [5.74, 6) is 3.09. The molecule has 0 aliphatic carbocycles. The number of nitrogens with zero attached hydrogens (tertiary/aromatic N) is 3. The van der Waals surface area contributed by atoms with Crippen LogP contribution in [0.2, 0.25) is 0 Å². The van der Waals surface area contributed by atoms with Gasteiger partial charge < -0.3 is 10.2 Å². The largest absolute Gasteiger partial charge is 0.370 e. The van der Waals surface area contributed by atoms with E-state index in [0.29, 0.717) is 0 Å². The summed E-state index contributed by atoms with van der Waals surface area (Å²) in [7, 11) is 0. The number of unbranched alkanes of at least 4 members (excludes halogenated alkanes) is 1. The van der Waals surface area contributed by atoms with Crippen LogP contribution in [0.4, 0.5) is 11.6 Å². The van der Waals surface area contributed by atoms with Crippen molar-refractivity contribution < 1.29 is 0 Å². The van der Waals surface area contributed by atoms with E-state index in [-0.39, 0.29) is 0 Å². The molecule has 0 atom stereocenters. The van der Waals surface area contributed by atoms with Crippen LogP contribution in [-0.4, -0.2) is 29.6 Å². The molecule has 0 aliphatic heterocycles. The first-order chi connectivity index (χ1) is 10.2. The van der Waals surface area contributed by atoms with E-state index in [2.05, 4.69) is 44.8 Å². The van der Waals surface area contributed by atoms with Crippen LogP contribution in [0, 0.1) is 6.92 Å². The number of nitrogens with one attached hydrogen (secondary N) is 1. The Bertz CT molecular complexity index is 417. The van der Waals surface area contributed by atoms with Crippen molar-refractivity contribution >= 4 is 11.6 Å². The molecule has 1 N–H and O–H groups in total. The summed E-state index contributed by atoms with van der Waals surface area (Å²) in [4.78, 5) is 11.9. The number of aryl methyl sites for hydroxylation is 1. The Morgan fingerprint density at radius 1 is 1.00 bits per heavy atom. The maximum atomic E-state index is 4.83. The molecule has 4 heteroatoms. The fraction of sp³-hybridized carbons (Fsp3) is 0.765. The molecule has 1 heterocycles. The molecule has 0 aromatic carbocycles. The molecule has 0 bridgehead atoms. The van der Waals surface area contributed by atoms with Crippen molar-refractivity contribution in [3.05, 3.63) is 11.4 Å². The number of rotatable bonds is 10. The molecule has 4 nitrogen and oxygen atoms in total. The van der Waals surface area contributed by atoms with Gasteiger partial charge in [-0.25, -0.2) is 9.97 Å². The highest BCUT2D eigenvalue weighted by atomic mass is 15.2. The van der Waals surface area contributed by atoms with Gasteiger partial charge in [0.2, 0.25) is 0 Å². The molecule has 0 aliphatic rings. The van der Waals surface area contributed by atoms with Crippen molar-refractivity contribution in [2.45, 2.75) is 66.7 Å². The van der Waals surface area contributed by atoms with Crippen LogP contribution in [-0.2, 0) is 6.42 Å². The summed E-state index contributed by atoms with van der Waals surface area (Å²) in [6, 6.07) is 0. The third-order valence-electron chi connectivity index (χ3n) is 3.65. The van der Waals surface area contributed by atoms with Crippen molar-refractivity contribution in [1.82, 2.24) is 9.97 Å². The van der Waals surface area contributed by atoms with E-state index in [1.165, 1.54) is 18.4 Å². The van der Waals surface area contributed by atoms with Crippen molar-refractivity contribution in [2.75, 3.05) is 29.9 Å².